The van der Waals surface area contributed by atoms with E-state index in [1.165, 1.54) is 24.7 Å². The van der Waals surface area contributed by atoms with E-state index in [0.717, 1.165) is 19.3 Å². The molecule has 1 amide bonds. The van der Waals surface area contributed by atoms with Crippen molar-refractivity contribution in [3.63, 3.8) is 0 Å². The number of rotatable bonds is 9. The highest BCUT2D eigenvalue weighted by Crippen LogP contribution is 2.31. The van der Waals surface area contributed by atoms with E-state index in [9.17, 15) is 9.59 Å². The number of carbonyl (C=O) groups excluding carboxylic acids is 1. The Bertz CT molecular complexity index is 848. The number of pyridine rings is 1. The fraction of sp³-hybridized carbons (Fsp3) is 0.400. The molecule has 0 radical (unpaired) electrons. The lowest BCUT2D eigenvalue weighted by atomic mass is 10.1. The third-order valence-corrected chi connectivity index (χ3v) is 4.36. The average molecular weight is 393 g/mol. The molecule has 27 heavy (non-hydrogen) atoms. The Hall–Kier alpha value is -2.47. The van der Waals surface area contributed by atoms with Crippen LogP contribution in [0.5, 0.6) is 11.5 Å². The maximum atomic E-state index is 12.4. The number of halogens is 1. The van der Waals surface area contributed by atoms with Crippen LogP contribution in [0.4, 0.5) is 5.69 Å². The highest BCUT2D eigenvalue weighted by Gasteiger charge is 2.12. The van der Waals surface area contributed by atoms with Crippen molar-refractivity contribution < 1.29 is 14.3 Å². The van der Waals surface area contributed by atoms with Gasteiger partial charge in [-0.15, -0.1) is 0 Å². The molecule has 0 aliphatic rings. The van der Waals surface area contributed by atoms with Crippen molar-refractivity contribution in [2.45, 2.75) is 39.7 Å². The molecular weight excluding hydrogens is 368 g/mol. The number of benzene rings is 1. The van der Waals surface area contributed by atoms with Crippen LogP contribution in [0, 0.1) is 0 Å². The van der Waals surface area contributed by atoms with Crippen molar-refractivity contribution in [1.82, 2.24) is 4.57 Å². The van der Waals surface area contributed by atoms with Gasteiger partial charge in [-0.1, -0.05) is 31.4 Å². The topological polar surface area (TPSA) is 69.6 Å². The zero-order valence-corrected chi connectivity index (χ0v) is 16.6. The molecule has 0 spiro atoms. The van der Waals surface area contributed by atoms with E-state index < -0.39 is 0 Å². The third kappa shape index (κ3) is 6.03. The summed E-state index contributed by atoms with van der Waals surface area (Å²) in [7, 11) is 1.51. The maximum Gasteiger partial charge on any atom is 0.254 e. The van der Waals surface area contributed by atoms with Crippen LogP contribution < -0.4 is 20.3 Å². The molecule has 0 saturated carbocycles. The van der Waals surface area contributed by atoms with E-state index in [2.05, 4.69) is 12.2 Å². The Balaban J connectivity index is 2.16. The monoisotopic (exact) mass is 392 g/mol. The molecule has 2 rings (SSSR count). The van der Waals surface area contributed by atoms with Gasteiger partial charge in [0.25, 0.3) is 5.56 Å². The molecule has 0 fully saturated rings. The first-order valence-electron chi connectivity index (χ1n) is 8.92. The van der Waals surface area contributed by atoms with Gasteiger partial charge >= 0.3 is 0 Å². The Labute approximate surface area is 164 Å². The van der Waals surface area contributed by atoms with Crippen molar-refractivity contribution in [2.24, 2.45) is 0 Å². The van der Waals surface area contributed by atoms with Crippen LogP contribution in [0.3, 0.4) is 0 Å². The summed E-state index contributed by atoms with van der Waals surface area (Å²) in [4.78, 5) is 23.7. The van der Waals surface area contributed by atoms with Crippen LogP contribution in [0.1, 0.15) is 38.7 Å². The molecule has 0 atom stereocenters. The molecule has 146 valence electrons. The Kier molecular flexibility index (Phi) is 7.73. The summed E-state index contributed by atoms with van der Waals surface area (Å²) in [6.07, 6.45) is 4.87. The number of ether oxygens (including phenoxy) is 2. The fourth-order valence-electron chi connectivity index (χ4n) is 2.61. The molecule has 7 heteroatoms. The highest BCUT2D eigenvalue weighted by molar-refractivity contribution is 6.31. The smallest absolute Gasteiger partial charge is 0.254 e. The van der Waals surface area contributed by atoms with Gasteiger partial charge in [-0.05, 0) is 30.2 Å². The summed E-state index contributed by atoms with van der Waals surface area (Å²) >= 11 is 6.33. The van der Waals surface area contributed by atoms with E-state index in [0.29, 0.717) is 34.4 Å². The fourth-order valence-corrected chi connectivity index (χ4v) is 2.83. The summed E-state index contributed by atoms with van der Waals surface area (Å²) in [6, 6.07) is 6.58. The number of amides is 1. The van der Waals surface area contributed by atoms with Crippen molar-refractivity contribution in [3.8, 4) is 11.5 Å². The van der Waals surface area contributed by atoms with Crippen LogP contribution >= 0.6 is 11.6 Å². The number of aromatic nitrogens is 1. The Morgan fingerprint density at radius 2 is 2.04 bits per heavy atom. The van der Waals surface area contributed by atoms with Crippen molar-refractivity contribution in [2.75, 3.05) is 19.0 Å². The lowest BCUT2D eigenvalue weighted by Crippen LogP contribution is -2.19. The second kappa shape index (κ2) is 10.0. The number of anilines is 1. The number of hydrogen-bond donors (Lipinski definition) is 1. The van der Waals surface area contributed by atoms with Crippen LogP contribution in [0.2, 0.25) is 5.02 Å². The zero-order valence-electron chi connectivity index (χ0n) is 15.9. The zero-order chi connectivity index (χ0) is 19.8. The lowest BCUT2D eigenvalue weighted by Gasteiger charge is -2.14. The summed E-state index contributed by atoms with van der Waals surface area (Å²) in [5.74, 6) is 0.827. The van der Waals surface area contributed by atoms with Gasteiger partial charge in [0.05, 0.1) is 25.9 Å². The third-order valence-electron chi connectivity index (χ3n) is 4.00. The van der Waals surface area contributed by atoms with Gasteiger partial charge in [0.15, 0.2) is 0 Å². The van der Waals surface area contributed by atoms with E-state index in [1.54, 1.807) is 24.4 Å². The van der Waals surface area contributed by atoms with Crippen molar-refractivity contribution in [3.05, 3.63) is 51.4 Å². The minimum atomic E-state index is -0.220. The number of carbonyl (C=O) groups is 1. The van der Waals surface area contributed by atoms with Crippen LogP contribution in [0.15, 0.2) is 35.3 Å². The molecule has 1 aromatic carbocycles. The maximum absolute atomic E-state index is 12.4. The number of nitrogens with zero attached hydrogens (tertiary/aromatic N) is 1. The first kappa shape index (κ1) is 20.8. The first-order chi connectivity index (χ1) is 12.9. The van der Waals surface area contributed by atoms with Crippen LogP contribution in [-0.2, 0) is 11.3 Å². The number of unbranched alkanes of at least 4 members (excludes halogenated alkanes) is 2. The van der Waals surface area contributed by atoms with E-state index >= 15 is 0 Å². The van der Waals surface area contributed by atoms with Gasteiger partial charge in [-0.3, -0.25) is 9.59 Å². The van der Waals surface area contributed by atoms with Gasteiger partial charge < -0.3 is 19.4 Å². The first-order valence-corrected chi connectivity index (χ1v) is 9.29. The molecule has 1 heterocycles. The Morgan fingerprint density at radius 3 is 2.67 bits per heavy atom. The molecule has 1 N–H and O–H groups in total. The summed E-state index contributed by atoms with van der Waals surface area (Å²) in [5.41, 5.74) is 1.02. The predicted octanol–water partition coefficient (Wildman–Crippen LogP) is 4.09. The van der Waals surface area contributed by atoms with Gasteiger partial charge in [-0.2, -0.15) is 0 Å². The van der Waals surface area contributed by atoms with Gasteiger partial charge in [0, 0.05) is 24.2 Å². The quantitative estimate of drug-likeness (QED) is 0.652. The molecule has 0 aliphatic carbocycles. The van der Waals surface area contributed by atoms with E-state index in [4.69, 9.17) is 21.1 Å². The lowest BCUT2D eigenvalue weighted by molar-refractivity contribution is -0.114. The summed E-state index contributed by atoms with van der Waals surface area (Å²) in [6.45, 7) is 4.42. The van der Waals surface area contributed by atoms with E-state index in [1.807, 2.05) is 0 Å². The number of methoxy groups -OCH3 is 1. The highest BCUT2D eigenvalue weighted by atomic mass is 35.5. The summed E-state index contributed by atoms with van der Waals surface area (Å²) in [5, 5.41) is 3.11. The van der Waals surface area contributed by atoms with Gasteiger partial charge in [-0.25, -0.2) is 0 Å². The molecule has 0 aliphatic heterocycles. The van der Waals surface area contributed by atoms with Crippen molar-refractivity contribution in [1.29, 1.82) is 0 Å². The standard InChI is InChI=1S/C20H25ClN2O4/c1-4-5-6-9-27-16-7-8-23(20(25)11-16)13-15-10-19(26-3)18(12-17(15)21)22-14(2)24/h7-8,10-12H,4-6,9,13H2,1-3H3,(H,22,24). The van der Waals surface area contributed by atoms with Gasteiger partial charge in [0.2, 0.25) is 5.91 Å². The average Bonchev–Trinajstić information content (AvgIpc) is 2.62. The molecule has 0 saturated heterocycles. The minimum absolute atomic E-state index is 0.177. The molecule has 2 aromatic rings. The SMILES string of the molecule is CCCCCOc1ccn(Cc2cc(OC)c(NC(C)=O)cc2Cl)c(=O)c1. The van der Waals surface area contributed by atoms with Crippen LogP contribution in [-0.4, -0.2) is 24.2 Å². The summed E-state index contributed by atoms with van der Waals surface area (Å²) < 4.78 is 12.5. The molecule has 0 bridgehead atoms. The minimum Gasteiger partial charge on any atom is -0.495 e. The normalized spacial score (nSPS) is 10.5. The second-order valence-electron chi connectivity index (χ2n) is 6.21. The molecule has 6 nitrogen and oxygen atoms in total. The van der Waals surface area contributed by atoms with Crippen LogP contribution in [0.25, 0.3) is 0 Å². The predicted molar refractivity (Wildman–Crippen MR) is 107 cm³/mol. The number of nitrogens with one attached hydrogen (secondary N) is 1. The molecular formula is C20H25ClN2O4. The van der Waals surface area contributed by atoms with Gasteiger partial charge in [0.1, 0.15) is 11.5 Å². The molecule has 0 unspecified atom stereocenters. The largest absolute Gasteiger partial charge is 0.495 e. The van der Waals surface area contributed by atoms with Crippen molar-refractivity contribution >= 4 is 23.2 Å². The van der Waals surface area contributed by atoms with E-state index in [-0.39, 0.29) is 18.0 Å². The molecule has 1 aromatic heterocycles. The number of hydrogen-bond acceptors (Lipinski definition) is 4. The Morgan fingerprint density at radius 1 is 1.26 bits per heavy atom. The second-order valence-corrected chi connectivity index (χ2v) is 6.62.